The molecule has 3 aromatic carbocycles. The van der Waals surface area contributed by atoms with E-state index in [9.17, 15) is 0 Å². The Kier molecular flexibility index (Phi) is 6.16. The van der Waals surface area contributed by atoms with Crippen molar-refractivity contribution in [3.05, 3.63) is 89.5 Å². The van der Waals surface area contributed by atoms with Gasteiger partial charge in [-0.15, -0.1) is 0 Å². The van der Waals surface area contributed by atoms with Gasteiger partial charge in [-0.1, -0.05) is 0 Å². The van der Waals surface area contributed by atoms with E-state index in [4.69, 9.17) is 0 Å². The molecule has 3 rings (SSSR count). The Morgan fingerprint density at radius 1 is 0.440 bits per heavy atom. The van der Waals surface area contributed by atoms with Gasteiger partial charge in [-0.3, -0.25) is 0 Å². The molecule has 0 saturated heterocycles. The molecule has 0 aliphatic rings. The minimum atomic E-state index is -1.49. The van der Waals surface area contributed by atoms with Crippen LogP contribution >= 0.6 is 0 Å². The van der Waals surface area contributed by atoms with E-state index in [1.54, 1.807) is 0 Å². The van der Waals surface area contributed by atoms with Crippen LogP contribution in [0.3, 0.4) is 0 Å². The standard InChI is InChI=1S/C24H27As/c1-4-19-7-13-22(14-8-19)25(23-15-9-20(5-2)10-16-23)24-17-11-21(6-3)12-18-24/h7-18H,4-6H2,1-3H3. The van der Waals surface area contributed by atoms with Crippen molar-refractivity contribution in [2.45, 2.75) is 40.0 Å². The van der Waals surface area contributed by atoms with Crippen molar-refractivity contribution in [3.8, 4) is 0 Å². The van der Waals surface area contributed by atoms with Gasteiger partial charge < -0.3 is 0 Å². The molecular formula is C24H27As. The molecule has 0 spiro atoms. The van der Waals surface area contributed by atoms with Crippen molar-refractivity contribution in [3.63, 3.8) is 0 Å². The van der Waals surface area contributed by atoms with Gasteiger partial charge >= 0.3 is 157 Å². The molecule has 3 aromatic rings. The van der Waals surface area contributed by atoms with Crippen molar-refractivity contribution in [2.24, 2.45) is 0 Å². The first kappa shape index (κ1) is 18.0. The topological polar surface area (TPSA) is 0 Å². The third-order valence-corrected chi connectivity index (χ3v) is 9.94. The molecule has 0 amide bonds. The van der Waals surface area contributed by atoms with Gasteiger partial charge in [0.05, 0.1) is 0 Å². The first-order chi connectivity index (χ1) is 12.2. The third kappa shape index (κ3) is 4.25. The second kappa shape index (κ2) is 8.54. The summed E-state index contributed by atoms with van der Waals surface area (Å²) in [5.74, 6) is 0. The Morgan fingerprint density at radius 2 is 0.680 bits per heavy atom. The zero-order chi connectivity index (χ0) is 17.6. The van der Waals surface area contributed by atoms with Gasteiger partial charge in [-0.05, 0) is 0 Å². The van der Waals surface area contributed by atoms with Crippen LogP contribution in [-0.4, -0.2) is 14.7 Å². The normalized spacial score (nSPS) is 11.0. The summed E-state index contributed by atoms with van der Waals surface area (Å²) in [5, 5.41) is 0. The summed E-state index contributed by atoms with van der Waals surface area (Å²) >= 11 is -1.49. The first-order valence-corrected chi connectivity index (χ1v) is 12.1. The van der Waals surface area contributed by atoms with E-state index < -0.39 is 14.7 Å². The summed E-state index contributed by atoms with van der Waals surface area (Å²) in [5.41, 5.74) is 4.25. The molecule has 0 aliphatic carbocycles. The van der Waals surface area contributed by atoms with Crippen LogP contribution in [0.15, 0.2) is 72.8 Å². The molecule has 0 saturated carbocycles. The average Bonchev–Trinajstić information content (AvgIpc) is 2.70. The molecule has 1 heteroatoms. The van der Waals surface area contributed by atoms with Gasteiger partial charge in [-0.25, -0.2) is 0 Å². The third-order valence-electron chi connectivity index (χ3n) is 4.81. The van der Waals surface area contributed by atoms with Crippen molar-refractivity contribution in [2.75, 3.05) is 0 Å². The summed E-state index contributed by atoms with van der Waals surface area (Å²) in [6.45, 7) is 6.66. The summed E-state index contributed by atoms with van der Waals surface area (Å²) < 4.78 is 4.54. The van der Waals surface area contributed by atoms with E-state index in [0.717, 1.165) is 19.3 Å². The van der Waals surface area contributed by atoms with Crippen LogP contribution in [0.4, 0.5) is 0 Å². The second-order valence-electron chi connectivity index (χ2n) is 6.40. The van der Waals surface area contributed by atoms with Gasteiger partial charge in [0.2, 0.25) is 0 Å². The van der Waals surface area contributed by atoms with Crippen LogP contribution in [-0.2, 0) is 19.3 Å². The second-order valence-corrected chi connectivity index (χ2v) is 11.1. The van der Waals surface area contributed by atoms with Crippen LogP contribution in [0.2, 0.25) is 0 Å². The summed E-state index contributed by atoms with van der Waals surface area (Å²) in [7, 11) is 0. The van der Waals surface area contributed by atoms with Gasteiger partial charge in [-0.2, -0.15) is 0 Å². The quantitative estimate of drug-likeness (QED) is 0.561. The molecule has 128 valence electrons. The van der Waals surface area contributed by atoms with Crippen LogP contribution in [0.5, 0.6) is 0 Å². The summed E-state index contributed by atoms with van der Waals surface area (Å²) in [4.78, 5) is 0. The molecular weight excluding hydrogens is 363 g/mol. The number of hydrogen-bond acceptors (Lipinski definition) is 0. The summed E-state index contributed by atoms with van der Waals surface area (Å²) in [6.07, 6.45) is 3.30. The molecule has 0 heterocycles. The van der Waals surface area contributed by atoms with Gasteiger partial charge in [0.1, 0.15) is 0 Å². The zero-order valence-electron chi connectivity index (χ0n) is 15.5. The van der Waals surface area contributed by atoms with Crippen molar-refractivity contribution < 1.29 is 0 Å². The molecule has 0 radical (unpaired) electrons. The monoisotopic (exact) mass is 390 g/mol. The van der Waals surface area contributed by atoms with Gasteiger partial charge in [0, 0.05) is 0 Å². The predicted molar refractivity (Wildman–Crippen MR) is 112 cm³/mol. The van der Waals surface area contributed by atoms with Gasteiger partial charge in [0.15, 0.2) is 0 Å². The number of hydrogen-bond donors (Lipinski definition) is 0. The SMILES string of the molecule is CCc1ccc([As](c2ccc(CC)cc2)c2ccc(CC)cc2)cc1. The molecule has 0 aromatic heterocycles. The molecule has 0 bridgehead atoms. The predicted octanol–water partition coefficient (Wildman–Crippen LogP) is 3.89. The van der Waals surface area contributed by atoms with Crippen molar-refractivity contribution >= 4 is 27.7 Å². The molecule has 0 nitrogen and oxygen atoms in total. The van der Waals surface area contributed by atoms with Crippen molar-refractivity contribution in [1.82, 2.24) is 0 Å². The molecule has 0 N–H and O–H groups in total. The molecule has 0 fully saturated rings. The fourth-order valence-corrected chi connectivity index (χ4v) is 7.78. The van der Waals surface area contributed by atoms with Gasteiger partial charge in [0.25, 0.3) is 0 Å². The van der Waals surface area contributed by atoms with E-state index in [-0.39, 0.29) is 0 Å². The van der Waals surface area contributed by atoms with E-state index in [1.807, 2.05) is 0 Å². The fourth-order valence-electron chi connectivity index (χ4n) is 3.09. The Hall–Kier alpha value is -1.78. The number of aryl methyl sites for hydroxylation is 3. The van der Waals surface area contributed by atoms with E-state index >= 15 is 0 Å². The summed E-state index contributed by atoms with van der Waals surface area (Å²) in [6, 6.07) is 28.0. The molecule has 0 aliphatic heterocycles. The average molecular weight is 390 g/mol. The maximum absolute atomic E-state index is 2.36. The minimum absolute atomic E-state index is 1.10. The Labute approximate surface area is 157 Å². The Morgan fingerprint density at radius 3 is 0.880 bits per heavy atom. The number of benzene rings is 3. The van der Waals surface area contributed by atoms with E-state index in [2.05, 4.69) is 93.6 Å². The molecule has 25 heavy (non-hydrogen) atoms. The van der Waals surface area contributed by atoms with E-state index in [1.165, 1.54) is 29.7 Å². The Balaban J connectivity index is 2.04. The van der Waals surface area contributed by atoms with Crippen LogP contribution in [0.1, 0.15) is 37.5 Å². The van der Waals surface area contributed by atoms with E-state index in [0.29, 0.717) is 0 Å². The Bertz CT molecular complexity index is 670. The molecule has 0 unspecified atom stereocenters. The fraction of sp³-hybridized carbons (Fsp3) is 0.250. The van der Waals surface area contributed by atoms with Crippen LogP contribution in [0.25, 0.3) is 0 Å². The molecule has 0 atom stereocenters. The zero-order valence-corrected chi connectivity index (χ0v) is 17.4. The van der Waals surface area contributed by atoms with Crippen LogP contribution in [0, 0.1) is 0 Å². The maximum atomic E-state index is 2.36. The van der Waals surface area contributed by atoms with Crippen LogP contribution < -0.4 is 13.1 Å². The van der Waals surface area contributed by atoms with Crippen molar-refractivity contribution in [1.29, 1.82) is 0 Å². The number of rotatable bonds is 6. The first-order valence-electron chi connectivity index (χ1n) is 9.32.